The number of aryl methyl sites for hydroxylation is 1. The van der Waals surface area contributed by atoms with E-state index in [0.717, 1.165) is 22.6 Å². The molecule has 19 heavy (non-hydrogen) atoms. The molecule has 3 aromatic rings. The standard InChI is InChI=1S/C15H13N3O/c1-10-12(7-8-19-10)13-9-14(16)18-15(17-13)11-5-3-2-4-6-11/h2-9H,1H3,(H2,16,17,18). The van der Waals surface area contributed by atoms with Crippen molar-refractivity contribution in [2.45, 2.75) is 6.92 Å². The van der Waals surface area contributed by atoms with Gasteiger partial charge in [-0.15, -0.1) is 0 Å². The van der Waals surface area contributed by atoms with Gasteiger partial charge in [-0.3, -0.25) is 0 Å². The van der Waals surface area contributed by atoms with Crippen molar-refractivity contribution < 1.29 is 4.42 Å². The van der Waals surface area contributed by atoms with Crippen molar-refractivity contribution in [1.29, 1.82) is 0 Å². The topological polar surface area (TPSA) is 64.9 Å². The first-order chi connectivity index (χ1) is 9.24. The zero-order chi connectivity index (χ0) is 13.2. The Morgan fingerprint density at radius 2 is 1.84 bits per heavy atom. The molecular formula is C15H13N3O. The minimum Gasteiger partial charge on any atom is -0.469 e. The van der Waals surface area contributed by atoms with Crippen LogP contribution in [0.2, 0.25) is 0 Å². The lowest BCUT2D eigenvalue weighted by Crippen LogP contribution is -1.98. The van der Waals surface area contributed by atoms with Crippen molar-refractivity contribution in [3.8, 4) is 22.6 Å². The molecule has 0 unspecified atom stereocenters. The number of hydrogen-bond donors (Lipinski definition) is 1. The van der Waals surface area contributed by atoms with E-state index in [-0.39, 0.29) is 0 Å². The molecule has 0 radical (unpaired) electrons. The van der Waals surface area contributed by atoms with Crippen molar-refractivity contribution >= 4 is 5.82 Å². The molecule has 4 nitrogen and oxygen atoms in total. The molecule has 94 valence electrons. The normalized spacial score (nSPS) is 10.6. The van der Waals surface area contributed by atoms with Gasteiger partial charge in [0, 0.05) is 17.2 Å². The van der Waals surface area contributed by atoms with Crippen LogP contribution in [0.4, 0.5) is 5.82 Å². The van der Waals surface area contributed by atoms with E-state index in [2.05, 4.69) is 9.97 Å². The fourth-order valence-corrected chi connectivity index (χ4v) is 1.97. The molecule has 0 saturated heterocycles. The van der Waals surface area contributed by atoms with Gasteiger partial charge in [0.2, 0.25) is 0 Å². The number of nitrogen functional groups attached to an aromatic ring is 1. The molecule has 0 aliphatic rings. The molecule has 3 rings (SSSR count). The SMILES string of the molecule is Cc1occc1-c1cc(N)nc(-c2ccccc2)n1. The van der Waals surface area contributed by atoms with Crippen LogP contribution in [0.1, 0.15) is 5.76 Å². The molecule has 2 aromatic heterocycles. The van der Waals surface area contributed by atoms with Gasteiger partial charge in [0.05, 0.1) is 12.0 Å². The number of furan rings is 1. The number of anilines is 1. The summed E-state index contributed by atoms with van der Waals surface area (Å²) in [6.45, 7) is 1.90. The van der Waals surface area contributed by atoms with Gasteiger partial charge in [0.15, 0.2) is 5.82 Å². The first-order valence-corrected chi connectivity index (χ1v) is 5.98. The van der Waals surface area contributed by atoms with E-state index >= 15 is 0 Å². The lowest BCUT2D eigenvalue weighted by molar-refractivity contribution is 0.535. The summed E-state index contributed by atoms with van der Waals surface area (Å²) in [6.07, 6.45) is 1.64. The van der Waals surface area contributed by atoms with Crippen LogP contribution in [0.15, 0.2) is 53.1 Å². The van der Waals surface area contributed by atoms with Crippen LogP contribution in [0.5, 0.6) is 0 Å². The number of nitrogens with zero attached hydrogens (tertiary/aromatic N) is 2. The summed E-state index contributed by atoms with van der Waals surface area (Å²) < 4.78 is 5.30. The maximum absolute atomic E-state index is 5.87. The summed E-state index contributed by atoms with van der Waals surface area (Å²) in [6, 6.07) is 13.4. The Morgan fingerprint density at radius 3 is 2.53 bits per heavy atom. The molecule has 4 heteroatoms. The largest absolute Gasteiger partial charge is 0.469 e. The maximum atomic E-state index is 5.87. The molecule has 0 saturated carbocycles. The summed E-state index contributed by atoms with van der Waals surface area (Å²) in [7, 11) is 0. The average Bonchev–Trinajstić information content (AvgIpc) is 2.85. The van der Waals surface area contributed by atoms with Crippen molar-refractivity contribution in [3.63, 3.8) is 0 Å². The van der Waals surface area contributed by atoms with Crippen LogP contribution >= 0.6 is 0 Å². The smallest absolute Gasteiger partial charge is 0.162 e. The first kappa shape index (κ1) is 11.5. The quantitative estimate of drug-likeness (QED) is 0.759. The Hall–Kier alpha value is -2.62. The van der Waals surface area contributed by atoms with E-state index in [0.29, 0.717) is 11.6 Å². The molecule has 0 spiro atoms. The molecule has 0 amide bonds. The number of benzene rings is 1. The minimum atomic E-state index is 0.449. The van der Waals surface area contributed by atoms with Crippen LogP contribution in [-0.4, -0.2) is 9.97 Å². The molecule has 0 atom stereocenters. The monoisotopic (exact) mass is 251 g/mol. The highest BCUT2D eigenvalue weighted by Gasteiger charge is 2.10. The Morgan fingerprint density at radius 1 is 1.05 bits per heavy atom. The van der Waals surface area contributed by atoms with Crippen LogP contribution in [0, 0.1) is 6.92 Å². The van der Waals surface area contributed by atoms with Crippen LogP contribution < -0.4 is 5.73 Å². The highest BCUT2D eigenvalue weighted by atomic mass is 16.3. The highest BCUT2D eigenvalue weighted by Crippen LogP contribution is 2.26. The van der Waals surface area contributed by atoms with E-state index in [4.69, 9.17) is 10.2 Å². The van der Waals surface area contributed by atoms with E-state index in [1.54, 1.807) is 12.3 Å². The lowest BCUT2D eigenvalue weighted by Gasteiger charge is -2.05. The maximum Gasteiger partial charge on any atom is 0.162 e. The molecule has 2 heterocycles. The van der Waals surface area contributed by atoms with Gasteiger partial charge in [-0.1, -0.05) is 30.3 Å². The molecule has 0 aliphatic heterocycles. The first-order valence-electron chi connectivity index (χ1n) is 5.98. The van der Waals surface area contributed by atoms with Crippen molar-refractivity contribution in [1.82, 2.24) is 9.97 Å². The van der Waals surface area contributed by atoms with Crippen molar-refractivity contribution in [2.75, 3.05) is 5.73 Å². The summed E-state index contributed by atoms with van der Waals surface area (Å²) in [4.78, 5) is 8.84. The van der Waals surface area contributed by atoms with Crippen LogP contribution in [0.25, 0.3) is 22.6 Å². The van der Waals surface area contributed by atoms with Crippen LogP contribution in [-0.2, 0) is 0 Å². The fourth-order valence-electron chi connectivity index (χ4n) is 1.97. The predicted octanol–water partition coefficient (Wildman–Crippen LogP) is 3.29. The van der Waals surface area contributed by atoms with Crippen molar-refractivity contribution in [3.05, 3.63) is 54.5 Å². The predicted molar refractivity (Wildman–Crippen MR) is 74.3 cm³/mol. The zero-order valence-corrected chi connectivity index (χ0v) is 10.5. The van der Waals surface area contributed by atoms with E-state index in [9.17, 15) is 0 Å². The van der Waals surface area contributed by atoms with E-state index in [1.165, 1.54) is 0 Å². The van der Waals surface area contributed by atoms with E-state index < -0.39 is 0 Å². The van der Waals surface area contributed by atoms with Gasteiger partial charge in [-0.05, 0) is 13.0 Å². The van der Waals surface area contributed by atoms with Gasteiger partial charge in [-0.2, -0.15) is 0 Å². The third-order valence-electron chi connectivity index (χ3n) is 2.91. The Kier molecular flexibility index (Phi) is 2.76. The number of aromatic nitrogens is 2. The van der Waals surface area contributed by atoms with Gasteiger partial charge in [-0.25, -0.2) is 9.97 Å². The highest BCUT2D eigenvalue weighted by molar-refractivity contribution is 5.67. The van der Waals surface area contributed by atoms with Gasteiger partial charge in [0.25, 0.3) is 0 Å². The molecule has 0 bridgehead atoms. The minimum absolute atomic E-state index is 0.449. The number of nitrogens with two attached hydrogens (primary N) is 1. The molecular weight excluding hydrogens is 238 g/mol. The Balaban J connectivity index is 2.14. The van der Waals surface area contributed by atoms with E-state index in [1.807, 2.05) is 43.3 Å². The molecule has 1 aromatic carbocycles. The van der Waals surface area contributed by atoms with Gasteiger partial charge >= 0.3 is 0 Å². The van der Waals surface area contributed by atoms with Gasteiger partial charge < -0.3 is 10.2 Å². The number of hydrogen-bond acceptors (Lipinski definition) is 4. The zero-order valence-electron chi connectivity index (χ0n) is 10.5. The Labute approximate surface area is 110 Å². The van der Waals surface area contributed by atoms with Crippen LogP contribution in [0.3, 0.4) is 0 Å². The Bertz CT molecular complexity index is 704. The fraction of sp³-hybridized carbons (Fsp3) is 0.0667. The average molecular weight is 251 g/mol. The second-order valence-corrected chi connectivity index (χ2v) is 4.26. The second-order valence-electron chi connectivity index (χ2n) is 4.26. The molecule has 0 aliphatic carbocycles. The molecule has 2 N–H and O–H groups in total. The molecule has 0 fully saturated rings. The summed E-state index contributed by atoms with van der Waals surface area (Å²) >= 11 is 0. The summed E-state index contributed by atoms with van der Waals surface area (Å²) in [5.41, 5.74) is 8.52. The third-order valence-corrected chi connectivity index (χ3v) is 2.91. The summed E-state index contributed by atoms with van der Waals surface area (Å²) in [5.74, 6) is 1.89. The second kappa shape index (κ2) is 4.57. The summed E-state index contributed by atoms with van der Waals surface area (Å²) in [5, 5.41) is 0. The van der Waals surface area contributed by atoms with Crippen molar-refractivity contribution in [2.24, 2.45) is 0 Å². The third kappa shape index (κ3) is 2.20. The van der Waals surface area contributed by atoms with Gasteiger partial charge in [0.1, 0.15) is 11.6 Å². The number of rotatable bonds is 2. The lowest BCUT2D eigenvalue weighted by atomic mass is 10.1.